The molecule has 3 N–H and O–H groups in total. The molecule has 0 aliphatic rings. The molecular weight excluding hydrogens is 234 g/mol. The molecule has 0 amide bonds. The lowest BCUT2D eigenvalue weighted by atomic mass is 10.3. The van der Waals surface area contributed by atoms with Gasteiger partial charge in [-0.05, 0) is 20.0 Å². The molecule has 1 heterocycles. The van der Waals surface area contributed by atoms with E-state index in [1.54, 1.807) is 18.1 Å². The zero-order chi connectivity index (χ0) is 12.7. The molecule has 0 spiro atoms. The minimum atomic E-state index is 0.699. The van der Waals surface area contributed by atoms with Crippen molar-refractivity contribution in [3.05, 3.63) is 11.9 Å². The summed E-state index contributed by atoms with van der Waals surface area (Å²) in [5, 5.41) is 1.00. The number of nitrogens with one attached hydrogen (secondary N) is 1. The average Bonchev–Trinajstić information content (AvgIpc) is 2.36. The van der Waals surface area contributed by atoms with E-state index in [1.807, 2.05) is 6.92 Å². The summed E-state index contributed by atoms with van der Waals surface area (Å²) in [6.07, 6.45) is 1.54. The Hall–Kier alpha value is -0.850. The third-order valence-corrected chi connectivity index (χ3v) is 3.79. The third-order valence-electron chi connectivity index (χ3n) is 2.72. The van der Waals surface area contributed by atoms with E-state index in [1.165, 1.54) is 0 Å². The Bertz CT molecular complexity index is 341. The Morgan fingerprint density at radius 1 is 1.35 bits per heavy atom. The first kappa shape index (κ1) is 14.2. The number of hydrogen-bond donors (Lipinski definition) is 2. The van der Waals surface area contributed by atoms with Gasteiger partial charge in [-0.1, -0.05) is 13.8 Å². The SMILES string of the molecule is CCN(CC)CCSc1ncnc(NN)c1C. The molecule has 0 fully saturated rings. The fourth-order valence-electron chi connectivity index (χ4n) is 1.54. The first-order valence-electron chi connectivity index (χ1n) is 5.86. The number of nitrogen functional groups attached to an aromatic ring is 1. The van der Waals surface area contributed by atoms with Gasteiger partial charge in [0.05, 0.1) is 0 Å². The summed E-state index contributed by atoms with van der Waals surface area (Å²) in [6, 6.07) is 0. The molecule has 96 valence electrons. The van der Waals surface area contributed by atoms with Crippen LogP contribution in [-0.2, 0) is 0 Å². The van der Waals surface area contributed by atoms with Crippen LogP contribution in [0.1, 0.15) is 19.4 Å². The summed E-state index contributed by atoms with van der Waals surface area (Å²) in [4.78, 5) is 10.7. The lowest BCUT2D eigenvalue weighted by molar-refractivity contribution is 0.324. The van der Waals surface area contributed by atoms with E-state index in [-0.39, 0.29) is 0 Å². The minimum Gasteiger partial charge on any atom is -0.308 e. The fourth-order valence-corrected chi connectivity index (χ4v) is 2.51. The van der Waals surface area contributed by atoms with Crippen molar-refractivity contribution in [2.75, 3.05) is 30.8 Å². The summed E-state index contributed by atoms with van der Waals surface area (Å²) < 4.78 is 0. The van der Waals surface area contributed by atoms with Crippen molar-refractivity contribution in [1.82, 2.24) is 14.9 Å². The summed E-state index contributed by atoms with van der Waals surface area (Å²) in [6.45, 7) is 9.60. The number of rotatable bonds is 7. The van der Waals surface area contributed by atoms with Crippen molar-refractivity contribution in [2.24, 2.45) is 5.84 Å². The van der Waals surface area contributed by atoms with E-state index >= 15 is 0 Å². The summed E-state index contributed by atoms with van der Waals surface area (Å²) in [5.74, 6) is 7.11. The van der Waals surface area contributed by atoms with E-state index in [2.05, 4.69) is 34.1 Å². The monoisotopic (exact) mass is 255 g/mol. The van der Waals surface area contributed by atoms with Crippen molar-refractivity contribution in [3.8, 4) is 0 Å². The predicted molar refractivity (Wildman–Crippen MR) is 73.1 cm³/mol. The highest BCUT2D eigenvalue weighted by Crippen LogP contribution is 2.23. The molecule has 1 aromatic heterocycles. The number of aromatic nitrogens is 2. The second-order valence-electron chi connectivity index (χ2n) is 3.67. The zero-order valence-electron chi connectivity index (χ0n) is 10.7. The van der Waals surface area contributed by atoms with Gasteiger partial charge in [-0.25, -0.2) is 15.8 Å². The van der Waals surface area contributed by atoms with Crippen molar-refractivity contribution in [1.29, 1.82) is 0 Å². The molecule has 1 rings (SSSR count). The van der Waals surface area contributed by atoms with Gasteiger partial charge in [0, 0.05) is 17.9 Å². The molecule has 0 saturated heterocycles. The van der Waals surface area contributed by atoms with Gasteiger partial charge in [0.15, 0.2) is 0 Å². The van der Waals surface area contributed by atoms with Gasteiger partial charge in [-0.15, -0.1) is 11.8 Å². The van der Waals surface area contributed by atoms with Crippen LogP contribution < -0.4 is 11.3 Å². The highest BCUT2D eigenvalue weighted by atomic mass is 32.2. The van der Waals surface area contributed by atoms with Crippen LogP contribution in [0.25, 0.3) is 0 Å². The molecule has 0 unspecified atom stereocenters. The number of anilines is 1. The van der Waals surface area contributed by atoms with E-state index in [0.29, 0.717) is 5.82 Å². The number of nitrogens with two attached hydrogens (primary N) is 1. The molecule has 0 radical (unpaired) electrons. The van der Waals surface area contributed by atoms with Crippen LogP contribution in [0.15, 0.2) is 11.4 Å². The van der Waals surface area contributed by atoms with Crippen molar-refractivity contribution in [2.45, 2.75) is 25.8 Å². The minimum absolute atomic E-state index is 0.699. The lowest BCUT2D eigenvalue weighted by Gasteiger charge is -2.17. The van der Waals surface area contributed by atoms with Crippen LogP contribution in [0.5, 0.6) is 0 Å². The fraction of sp³-hybridized carbons (Fsp3) is 0.636. The maximum atomic E-state index is 5.38. The Kier molecular flexibility index (Phi) is 6.25. The Morgan fingerprint density at radius 3 is 2.65 bits per heavy atom. The Balaban J connectivity index is 2.52. The van der Waals surface area contributed by atoms with E-state index in [9.17, 15) is 0 Å². The standard InChI is InChI=1S/C11H21N5S/c1-4-16(5-2)6-7-17-11-9(3)10(15-12)13-8-14-11/h8H,4-7,12H2,1-3H3,(H,13,14,15). The highest BCUT2D eigenvalue weighted by Gasteiger charge is 2.07. The normalized spacial score (nSPS) is 10.9. The average molecular weight is 255 g/mol. The molecule has 0 aliphatic carbocycles. The second kappa shape index (κ2) is 7.47. The van der Waals surface area contributed by atoms with Gasteiger partial charge in [0.1, 0.15) is 17.2 Å². The summed E-state index contributed by atoms with van der Waals surface area (Å²) in [5.41, 5.74) is 3.60. The number of hydrogen-bond acceptors (Lipinski definition) is 6. The zero-order valence-corrected chi connectivity index (χ0v) is 11.5. The van der Waals surface area contributed by atoms with E-state index in [0.717, 1.165) is 36.0 Å². The molecule has 1 aromatic rings. The highest BCUT2D eigenvalue weighted by molar-refractivity contribution is 7.99. The Morgan fingerprint density at radius 2 is 2.06 bits per heavy atom. The summed E-state index contributed by atoms with van der Waals surface area (Å²) in [7, 11) is 0. The van der Waals surface area contributed by atoms with Crippen LogP contribution in [0, 0.1) is 6.92 Å². The molecule has 0 atom stereocenters. The van der Waals surface area contributed by atoms with Crippen LogP contribution in [0.4, 0.5) is 5.82 Å². The maximum absolute atomic E-state index is 5.38. The topological polar surface area (TPSA) is 67.1 Å². The first-order chi connectivity index (χ1) is 8.22. The molecule has 0 aliphatic heterocycles. The quantitative estimate of drug-likeness (QED) is 0.333. The van der Waals surface area contributed by atoms with Crippen molar-refractivity contribution >= 4 is 17.6 Å². The Labute approximate surface area is 107 Å². The van der Waals surface area contributed by atoms with E-state index < -0.39 is 0 Å². The predicted octanol–water partition coefficient (Wildman–Crippen LogP) is 1.50. The van der Waals surface area contributed by atoms with Gasteiger partial charge in [0.2, 0.25) is 0 Å². The molecule has 17 heavy (non-hydrogen) atoms. The van der Waals surface area contributed by atoms with Gasteiger partial charge < -0.3 is 10.3 Å². The number of hydrazine groups is 1. The smallest absolute Gasteiger partial charge is 0.147 e. The molecule has 0 bridgehead atoms. The molecule has 5 nitrogen and oxygen atoms in total. The first-order valence-corrected chi connectivity index (χ1v) is 6.84. The molecule has 6 heteroatoms. The molecular formula is C11H21N5S. The second-order valence-corrected chi connectivity index (χ2v) is 4.76. The van der Waals surface area contributed by atoms with Crippen molar-refractivity contribution < 1.29 is 0 Å². The van der Waals surface area contributed by atoms with Gasteiger partial charge in [0.25, 0.3) is 0 Å². The number of nitrogens with zero attached hydrogens (tertiary/aromatic N) is 3. The lowest BCUT2D eigenvalue weighted by Crippen LogP contribution is -2.25. The van der Waals surface area contributed by atoms with Crippen LogP contribution >= 0.6 is 11.8 Å². The van der Waals surface area contributed by atoms with Crippen molar-refractivity contribution in [3.63, 3.8) is 0 Å². The summed E-state index contributed by atoms with van der Waals surface area (Å²) >= 11 is 1.75. The third kappa shape index (κ3) is 4.14. The molecule has 0 aromatic carbocycles. The van der Waals surface area contributed by atoms with Crippen LogP contribution in [0.3, 0.4) is 0 Å². The van der Waals surface area contributed by atoms with Crippen LogP contribution in [-0.4, -0.2) is 40.3 Å². The van der Waals surface area contributed by atoms with Gasteiger partial charge in [-0.3, -0.25) is 0 Å². The van der Waals surface area contributed by atoms with Gasteiger partial charge >= 0.3 is 0 Å². The number of thioether (sulfide) groups is 1. The largest absolute Gasteiger partial charge is 0.308 e. The van der Waals surface area contributed by atoms with Crippen LogP contribution in [0.2, 0.25) is 0 Å². The molecule has 0 saturated carbocycles. The van der Waals surface area contributed by atoms with Gasteiger partial charge in [-0.2, -0.15) is 0 Å². The van der Waals surface area contributed by atoms with E-state index in [4.69, 9.17) is 5.84 Å². The maximum Gasteiger partial charge on any atom is 0.147 e.